The lowest BCUT2D eigenvalue weighted by Crippen LogP contribution is -2.28. The van der Waals surface area contributed by atoms with E-state index in [1.165, 1.54) is 0 Å². The van der Waals surface area contributed by atoms with Crippen LogP contribution in [0.25, 0.3) is 0 Å². The normalized spacial score (nSPS) is 17.0. The van der Waals surface area contributed by atoms with Crippen LogP contribution in [0.2, 0.25) is 0 Å². The summed E-state index contributed by atoms with van der Waals surface area (Å²) in [4.78, 5) is 3.81. The third-order valence-corrected chi connectivity index (χ3v) is 1.53. The molecule has 0 amide bonds. The zero-order valence-electron chi connectivity index (χ0n) is 7.29. The van der Waals surface area contributed by atoms with Gasteiger partial charge in [-0.2, -0.15) is 4.99 Å². The number of ether oxygens (including phenoxy) is 1. The van der Waals surface area contributed by atoms with Crippen molar-refractivity contribution in [1.29, 1.82) is 0 Å². The van der Waals surface area contributed by atoms with Crippen molar-refractivity contribution in [2.75, 3.05) is 6.61 Å². The van der Waals surface area contributed by atoms with Gasteiger partial charge in [-0.25, -0.2) is 0 Å². The van der Waals surface area contributed by atoms with Crippen molar-refractivity contribution < 1.29 is 9.84 Å². The highest BCUT2D eigenvalue weighted by Gasteiger charge is 2.12. The number of nitrogens with zero attached hydrogens (tertiary/aromatic N) is 1. The fraction of sp³-hybridized carbons (Fsp3) is 0.500. The predicted octanol–water partition coefficient (Wildman–Crippen LogP) is 1.32. The second-order valence-corrected chi connectivity index (χ2v) is 2.34. The summed E-state index contributed by atoms with van der Waals surface area (Å²) in [5.74, 6) is 0.0414. The zero-order valence-corrected chi connectivity index (χ0v) is 7.29. The summed E-state index contributed by atoms with van der Waals surface area (Å²) in [7, 11) is 0. The van der Waals surface area contributed by atoms with Crippen LogP contribution in [0.4, 0.5) is 0 Å². The average Bonchev–Trinajstić information content (AvgIpc) is 2.05. The minimum Gasteiger partial charge on any atom is -0.493 e. The molecule has 1 heterocycles. The van der Waals surface area contributed by atoms with Gasteiger partial charge in [0.25, 0.3) is 6.02 Å². The summed E-state index contributed by atoms with van der Waals surface area (Å²) in [5, 5.41) is 12.1. The van der Waals surface area contributed by atoms with Crippen molar-refractivity contribution in [3.63, 3.8) is 0 Å². The molecule has 0 spiro atoms. The highest BCUT2D eigenvalue weighted by molar-refractivity contribution is 5.77. The molecule has 0 saturated heterocycles. The van der Waals surface area contributed by atoms with Crippen LogP contribution < -0.4 is 5.32 Å². The van der Waals surface area contributed by atoms with Gasteiger partial charge in [0.1, 0.15) is 0 Å². The Labute approximate surface area is 72.0 Å². The maximum Gasteiger partial charge on any atom is 0.293 e. The first-order valence-electron chi connectivity index (χ1n) is 4.01. The zero-order chi connectivity index (χ0) is 8.97. The molecule has 12 heavy (non-hydrogen) atoms. The molecular weight excluding hydrogens is 156 g/mol. The van der Waals surface area contributed by atoms with Gasteiger partial charge in [-0.05, 0) is 13.3 Å². The quantitative estimate of drug-likeness (QED) is 0.655. The van der Waals surface area contributed by atoms with E-state index in [2.05, 4.69) is 10.3 Å². The largest absolute Gasteiger partial charge is 0.493 e. The summed E-state index contributed by atoms with van der Waals surface area (Å²) in [6.07, 6.45) is 0.752. The summed E-state index contributed by atoms with van der Waals surface area (Å²) >= 11 is 0. The maximum atomic E-state index is 9.31. The van der Waals surface area contributed by atoms with E-state index < -0.39 is 0 Å². The molecular formula is C8H13N2O2. The van der Waals surface area contributed by atoms with E-state index in [1.807, 2.05) is 13.8 Å². The van der Waals surface area contributed by atoms with Gasteiger partial charge in [-0.3, -0.25) is 0 Å². The molecule has 1 aliphatic heterocycles. The predicted molar refractivity (Wildman–Crippen MR) is 46.4 cm³/mol. The van der Waals surface area contributed by atoms with Crippen molar-refractivity contribution in [2.45, 2.75) is 20.3 Å². The summed E-state index contributed by atoms with van der Waals surface area (Å²) in [6.45, 7) is 6.05. The molecule has 67 valence electrons. The second-order valence-electron chi connectivity index (χ2n) is 2.34. The van der Waals surface area contributed by atoms with E-state index >= 15 is 0 Å². The van der Waals surface area contributed by atoms with E-state index in [9.17, 15) is 5.11 Å². The summed E-state index contributed by atoms with van der Waals surface area (Å²) < 4.78 is 5.06. The van der Waals surface area contributed by atoms with Crippen molar-refractivity contribution >= 4 is 6.02 Å². The van der Waals surface area contributed by atoms with E-state index in [0.717, 1.165) is 12.0 Å². The Bertz CT molecular complexity index is 221. The van der Waals surface area contributed by atoms with E-state index in [0.29, 0.717) is 12.6 Å². The number of aliphatic hydroxyl groups excluding tert-OH is 1. The molecule has 0 saturated carbocycles. The van der Waals surface area contributed by atoms with Gasteiger partial charge in [0.15, 0.2) is 0 Å². The molecule has 0 aromatic carbocycles. The Kier molecular flexibility index (Phi) is 2.96. The van der Waals surface area contributed by atoms with Gasteiger partial charge in [-0.1, -0.05) is 6.92 Å². The SMILES string of the molecule is CCOC1=NC(O)=C(CC)[CH]N1. The molecule has 0 aromatic heterocycles. The van der Waals surface area contributed by atoms with Crippen molar-refractivity contribution in [3.05, 3.63) is 18.0 Å². The van der Waals surface area contributed by atoms with Crippen LogP contribution in [0, 0.1) is 6.54 Å². The minimum atomic E-state index is 0.0414. The standard InChI is InChI=1S/C8H13N2O2/c1-3-6-5-9-8(12-4-2)10-7(6)11/h5,11H,3-4H2,1-2H3,(H,9,10). The van der Waals surface area contributed by atoms with Gasteiger partial charge in [0.2, 0.25) is 5.88 Å². The van der Waals surface area contributed by atoms with Crippen molar-refractivity contribution in [1.82, 2.24) is 5.32 Å². The molecule has 0 unspecified atom stereocenters. The summed E-state index contributed by atoms with van der Waals surface area (Å²) in [6, 6.07) is 0.354. The molecule has 0 aromatic rings. The monoisotopic (exact) mass is 169 g/mol. The molecule has 0 aliphatic carbocycles. The Morgan fingerprint density at radius 2 is 2.33 bits per heavy atom. The van der Waals surface area contributed by atoms with Gasteiger partial charge in [0.05, 0.1) is 13.2 Å². The minimum absolute atomic E-state index is 0.0414. The highest BCUT2D eigenvalue weighted by Crippen LogP contribution is 2.13. The number of amidine groups is 1. The lowest BCUT2D eigenvalue weighted by atomic mass is 10.2. The van der Waals surface area contributed by atoms with Gasteiger partial charge >= 0.3 is 0 Å². The Hall–Kier alpha value is -1.19. The van der Waals surface area contributed by atoms with Crippen LogP contribution in [0.15, 0.2) is 16.4 Å². The van der Waals surface area contributed by atoms with Crippen LogP contribution in [-0.2, 0) is 4.74 Å². The number of hydrogen-bond donors (Lipinski definition) is 2. The average molecular weight is 169 g/mol. The van der Waals surface area contributed by atoms with Gasteiger partial charge in [-0.15, -0.1) is 0 Å². The molecule has 2 N–H and O–H groups in total. The van der Waals surface area contributed by atoms with E-state index in [-0.39, 0.29) is 5.88 Å². The van der Waals surface area contributed by atoms with Crippen LogP contribution in [0.1, 0.15) is 20.3 Å². The maximum absolute atomic E-state index is 9.31. The molecule has 4 nitrogen and oxygen atoms in total. The molecule has 0 fully saturated rings. The number of aliphatic imine (C=N–C) groups is 1. The first kappa shape index (κ1) is 8.90. The smallest absolute Gasteiger partial charge is 0.293 e. The third-order valence-electron chi connectivity index (χ3n) is 1.53. The first-order valence-corrected chi connectivity index (χ1v) is 4.01. The fourth-order valence-electron chi connectivity index (χ4n) is 0.885. The fourth-order valence-corrected chi connectivity index (χ4v) is 0.885. The van der Waals surface area contributed by atoms with Crippen LogP contribution >= 0.6 is 0 Å². The van der Waals surface area contributed by atoms with Gasteiger partial charge in [0, 0.05) is 5.57 Å². The van der Waals surface area contributed by atoms with E-state index in [1.54, 1.807) is 6.54 Å². The molecule has 1 aliphatic rings. The lowest BCUT2D eigenvalue weighted by Gasteiger charge is -2.15. The van der Waals surface area contributed by atoms with Gasteiger partial charge < -0.3 is 15.2 Å². The van der Waals surface area contributed by atoms with Crippen molar-refractivity contribution in [2.24, 2.45) is 4.99 Å². The topological polar surface area (TPSA) is 53.9 Å². The lowest BCUT2D eigenvalue weighted by molar-refractivity contribution is 0.302. The number of hydrogen-bond acceptors (Lipinski definition) is 4. The molecule has 1 rings (SSSR count). The molecule has 4 heteroatoms. The first-order chi connectivity index (χ1) is 5.77. The Balaban J connectivity index is 2.67. The van der Waals surface area contributed by atoms with Crippen molar-refractivity contribution in [3.8, 4) is 0 Å². The van der Waals surface area contributed by atoms with Crippen LogP contribution in [0.5, 0.6) is 0 Å². The van der Waals surface area contributed by atoms with Crippen LogP contribution in [0.3, 0.4) is 0 Å². The van der Waals surface area contributed by atoms with E-state index in [4.69, 9.17) is 4.74 Å². The second kappa shape index (κ2) is 3.99. The third kappa shape index (κ3) is 1.90. The van der Waals surface area contributed by atoms with Crippen LogP contribution in [-0.4, -0.2) is 17.7 Å². The molecule has 1 radical (unpaired) electrons. The molecule has 0 bridgehead atoms. The summed E-state index contributed by atoms with van der Waals surface area (Å²) in [5.41, 5.74) is 0.790. The Morgan fingerprint density at radius 1 is 1.58 bits per heavy atom. The highest BCUT2D eigenvalue weighted by atomic mass is 16.5. The number of rotatable bonds is 2. The number of aliphatic hydroxyl groups is 1. The molecule has 0 atom stereocenters. The Morgan fingerprint density at radius 3 is 2.83 bits per heavy atom. The number of nitrogens with one attached hydrogen (secondary N) is 1.